The van der Waals surface area contributed by atoms with Gasteiger partial charge in [-0.1, -0.05) is 30.3 Å². The minimum atomic E-state index is -0.316. The van der Waals surface area contributed by atoms with Crippen LogP contribution in [0.15, 0.2) is 46.0 Å². The van der Waals surface area contributed by atoms with Crippen LogP contribution in [0.25, 0.3) is 0 Å². The first kappa shape index (κ1) is 25.7. The second kappa shape index (κ2) is 10.7. The smallest absolute Gasteiger partial charge is 0.333 e. The maximum absolute atomic E-state index is 13.2. The van der Waals surface area contributed by atoms with E-state index in [-0.39, 0.29) is 47.5 Å². The maximum atomic E-state index is 13.2. The summed E-state index contributed by atoms with van der Waals surface area (Å²) in [5.74, 6) is 0.340. The van der Waals surface area contributed by atoms with Crippen LogP contribution in [-0.2, 0) is 16.0 Å². The van der Waals surface area contributed by atoms with Crippen molar-refractivity contribution in [3.05, 3.63) is 62.8 Å². The Hall–Kier alpha value is -3.36. The summed E-state index contributed by atoms with van der Waals surface area (Å²) < 4.78 is 2.95. The molecular formula is C27H37N5O4. The molecule has 0 aliphatic carbocycles. The molecule has 0 saturated carbocycles. The van der Waals surface area contributed by atoms with Gasteiger partial charge in [0, 0.05) is 63.8 Å². The number of amides is 2. The van der Waals surface area contributed by atoms with Crippen molar-refractivity contribution < 1.29 is 9.59 Å². The third kappa shape index (κ3) is 5.24. The van der Waals surface area contributed by atoms with E-state index < -0.39 is 0 Å². The highest BCUT2D eigenvalue weighted by Gasteiger charge is 2.37. The van der Waals surface area contributed by atoms with E-state index in [1.54, 1.807) is 15.5 Å². The Morgan fingerprint density at radius 3 is 2.17 bits per heavy atom. The lowest BCUT2D eigenvalue weighted by molar-refractivity contribution is -0.136. The number of carbonyl (C=O) groups is 2. The molecule has 9 heteroatoms. The van der Waals surface area contributed by atoms with E-state index in [0.29, 0.717) is 45.1 Å². The molecule has 0 spiro atoms. The number of carbonyl (C=O) groups excluding carboxylic acids is 2. The Kier molecular flexibility index (Phi) is 7.66. The number of aromatic nitrogens is 2. The van der Waals surface area contributed by atoms with Gasteiger partial charge in [0.1, 0.15) is 5.82 Å². The molecule has 0 radical (unpaired) electrons. The SMILES string of the molecule is CC(C)n1c(N2CCN(C(=O)[C@H]3CC(=O)N(CCc4ccccc4)C3)CC2)cc(=O)n(C(C)C)c1=O. The van der Waals surface area contributed by atoms with E-state index in [0.717, 1.165) is 6.42 Å². The average Bonchev–Trinajstić information content (AvgIpc) is 3.22. The number of anilines is 1. The number of benzene rings is 1. The van der Waals surface area contributed by atoms with Crippen LogP contribution >= 0.6 is 0 Å². The summed E-state index contributed by atoms with van der Waals surface area (Å²) in [6.45, 7) is 10.6. The lowest BCUT2D eigenvalue weighted by Gasteiger charge is -2.38. The largest absolute Gasteiger partial charge is 0.354 e. The van der Waals surface area contributed by atoms with Crippen molar-refractivity contribution in [2.75, 3.05) is 44.2 Å². The monoisotopic (exact) mass is 495 g/mol. The second-order valence-corrected chi connectivity index (χ2v) is 10.3. The number of piperazine rings is 1. The minimum absolute atomic E-state index is 0.0155. The third-order valence-electron chi connectivity index (χ3n) is 7.17. The first-order valence-corrected chi connectivity index (χ1v) is 12.9. The summed E-state index contributed by atoms with van der Waals surface area (Å²) in [6.07, 6.45) is 1.04. The lowest BCUT2D eigenvalue weighted by atomic mass is 10.1. The lowest BCUT2D eigenvalue weighted by Crippen LogP contribution is -2.53. The van der Waals surface area contributed by atoms with E-state index in [2.05, 4.69) is 0 Å². The molecule has 36 heavy (non-hydrogen) atoms. The van der Waals surface area contributed by atoms with E-state index in [1.807, 2.05) is 67.8 Å². The highest BCUT2D eigenvalue weighted by molar-refractivity contribution is 5.89. The summed E-state index contributed by atoms with van der Waals surface area (Å²) in [5, 5.41) is 0. The maximum Gasteiger partial charge on any atom is 0.333 e. The predicted octanol–water partition coefficient (Wildman–Crippen LogP) is 1.91. The molecule has 1 atom stereocenters. The van der Waals surface area contributed by atoms with Crippen molar-refractivity contribution in [2.24, 2.45) is 5.92 Å². The Morgan fingerprint density at radius 1 is 0.917 bits per heavy atom. The number of nitrogens with zero attached hydrogens (tertiary/aromatic N) is 5. The van der Waals surface area contributed by atoms with Crippen LogP contribution in [0, 0.1) is 5.92 Å². The zero-order chi connectivity index (χ0) is 26.0. The molecule has 1 aromatic carbocycles. The van der Waals surface area contributed by atoms with Crippen LogP contribution in [-0.4, -0.2) is 70.0 Å². The summed E-state index contributed by atoms with van der Waals surface area (Å²) in [7, 11) is 0. The van der Waals surface area contributed by atoms with Crippen molar-refractivity contribution in [3.63, 3.8) is 0 Å². The third-order valence-corrected chi connectivity index (χ3v) is 7.17. The van der Waals surface area contributed by atoms with Crippen LogP contribution in [0.2, 0.25) is 0 Å². The molecule has 2 saturated heterocycles. The first-order valence-electron chi connectivity index (χ1n) is 12.9. The van der Waals surface area contributed by atoms with Crippen LogP contribution in [0.4, 0.5) is 5.82 Å². The zero-order valence-corrected chi connectivity index (χ0v) is 21.7. The van der Waals surface area contributed by atoms with E-state index in [9.17, 15) is 19.2 Å². The van der Waals surface area contributed by atoms with Crippen LogP contribution in [0.1, 0.15) is 51.8 Å². The molecule has 2 amide bonds. The van der Waals surface area contributed by atoms with Crippen molar-refractivity contribution >= 4 is 17.6 Å². The standard InChI is InChI=1S/C27H37N5O4/c1-19(2)31-23(17-25(34)32(20(3)4)27(31)36)28-12-14-29(15-13-28)26(35)22-16-24(33)30(18-22)11-10-21-8-6-5-7-9-21/h5-9,17,19-20,22H,10-16,18H2,1-4H3/t22-/m0/s1. The number of rotatable bonds is 7. The minimum Gasteiger partial charge on any atom is -0.354 e. The summed E-state index contributed by atoms with van der Waals surface area (Å²) in [5.41, 5.74) is 0.568. The predicted molar refractivity (Wildman–Crippen MR) is 139 cm³/mol. The fourth-order valence-corrected chi connectivity index (χ4v) is 5.24. The highest BCUT2D eigenvalue weighted by atomic mass is 16.2. The molecule has 0 bridgehead atoms. The molecule has 1 aromatic heterocycles. The fraction of sp³-hybridized carbons (Fsp3) is 0.556. The molecule has 2 fully saturated rings. The molecule has 2 aliphatic rings. The number of hydrogen-bond donors (Lipinski definition) is 0. The Morgan fingerprint density at radius 2 is 1.56 bits per heavy atom. The molecule has 194 valence electrons. The van der Waals surface area contributed by atoms with Crippen LogP contribution < -0.4 is 16.1 Å². The normalized spacial score (nSPS) is 18.6. The number of likely N-dealkylation sites (tertiary alicyclic amines) is 1. The molecule has 0 N–H and O–H groups in total. The molecule has 0 unspecified atom stereocenters. The summed E-state index contributed by atoms with van der Waals surface area (Å²) in [4.78, 5) is 57.2. The molecule has 2 aromatic rings. The van der Waals surface area contributed by atoms with Gasteiger partial charge in [0.15, 0.2) is 0 Å². The van der Waals surface area contributed by atoms with Gasteiger partial charge in [0.05, 0.1) is 5.92 Å². The van der Waals surface area contributed by atoms with Gasteiger partial charge in [0.25, 0.3) is 5.56 Å². The van der Waals surface area contributed by atoms with Gasteiger partial charge in [-0.3, -0.25) is 23.5 Å². The van der Waals surface area contributed by atoms with Crippen LogP contribution in [0.5, 0.6) is 0 Å². The highest BCUT2D eigenvalue weighted by Crippen LogP contribution is 2.23. The first-order chi connectivity index (χ1) is 17.2. The topological polar surface area (TPSA) is 87.9 Å². The van der Waals surface area contributed by atoms with Gasteiger partial charge in [-0.2, -0.15) is 0 Å². The second-order valence-electron chi connectivity index (χ2n) is 10.3. The van der Waals surface area contributed by atoms with E-state index in [4.69, 9.17) is 0 Å². The molecular weight excluding hydrogens is 458 g/mol. The summed E-state index contributed by atoms with van der Waals surface area (Å²) in [6, 6.07) is 11.3. The quantitative estimate of drug-likeness (QED) is 0.586. The van der Waals surface area contributed by atoms with E-state index in [1.165, 1.54) is 10.1 Å². The van der Waals surface area contributed by atoms with Gasteiger partial charge in [-0.15, -0.1) is 0 Å². The van der Waals surface area contributed by atoms with Crippen molar-refractivity contribution in [2.45, 2.75) is 52.6 Å². The zero-order valence-electron chi connectivity index (χ0n) is 21.7. The number of hydrogen-bond acceptors (Lipinski definition) is 5. The van der Waals surface area contributed by atoms with E-state index >= 15 is 0 Å². The van der Waals surface area contributed by atoms with Gasteiger partial charge in [-0.25, -0.2) is 4.79 Å². The Bertz CT molecular complexity index is 1210. The van der Waals surface area contributed by atoms with Crippen molar-refractivity contribution in [1.82, 2.24) is 18.9 Å². The molecule has 3 heterocycles. The molecule has 2 aliphatic heterocycles. The van der Waals surface area contributed by atoms with Gasteiger partial charge < -0.3 is 14.7 Å². The van der Waals surface area contributed by atoms with Gasteiger partial charge in [0.2, 0.25) is 11.8 Å². The Labute approximate surface area is 211 Å². The van der Waals surface area contributed by atoms with Gasteiger partial charge in [-0.05, 0) is 39.7 Å². The van der Waals surface area contributed by atoms with Crippen LogP contribution in [0.3, 0.4) is 0 Å². The Balaban J connectivity index is 1.39. The average molecular weight is 496 g/mol. The van der Waals surface area contributed by atoms with Crippen molar-refractivity contribution in [3.8, 4) is 0 Å². The molecule has 9 nitrogen and oxygen atoms in total. The fourth-order valence-electron chi connectivity index (χ4n) is 5.24. The molecule has 4 rings (SSSR count). The summed E-state index contributed by atoms with van der Waals surface area (Å²) >= 11 is 0. The van der Waals surface area contributed by atoms with Gasteiger partial charge >= 0.3 is 5.69 Å². The van der Waals surface area contributed by atoms with Crippen molar-refractivity contribution in [1.29, 1.82) is 0 Å².